The highest BCUT2D eigenvalue weighted by atomic mass is 31.2. The summed E-state index contributed by atoms with van der Waals surface area (Å²) in [6, 6.07) is 0. The average Bonchev–Trinajstić information content (AvgIpc) is 2.87. The van der Waals surface area contributed by atoms with Gasteiger partial charge in [0.25, 0.3) is 0 Å². The summed E-state index contributed by atoms with van der Waals surface area (Å²) in [6.45, 7) is 8.20. The van der Waals surface area contributed by atoms with E-state index in [-0.39, 0.29) is 19.4 Å². The van der Waals surface area contributed by atoms with Crippen molar-refractivity contribution >= 4 is 19.8 Å². The molecule has 0 aliphatic carbocycles. The number of unbranched alkanes of at least 4 members (excludes halogenated alkanes) is 14. The highest BCUT2D eigenvalue weighted by molar-refractivity contribution is 7.46. The van der Waals surface area contributed by atoms with Crippen LogP contribution in [0.15, 0.2) is 0 Å². The van der Waals surface area contributed by atoms with Gasteiger partial charge in [0.15, 0.2) is 6.10 Å². The first-order valence-electron chi connectivity index (χ1n) is 16.0. The monoisotopic (exact) mass is 592 g/mol. The second-order valence-corrected chi connectivity index (χ2v) is 13.3. The molecule has 0 saturated heterocycles. The largest absolute Gasteiger partial charge is 0.469 e. The molecular formula is C31H61O8P. The molecule has 0 aromatic rings. The van der Waals surface area contributed by atoms with Crippen LogP contribution in [0.1, 0.15) is 156 Å². The maximum Gasteiger partial charge on any atom is 0.469 e. The van der Waals surface area contributed by atoms with Crippen LogP contribution in [-0.4, -0.2) is 41.0 Å². The number of hydrogen-bond acceptors (Lipinski definition) is 6. The summed E-state index contributed by atoms with van der Waals surface area (Å²) >= 11 is 0. The normalized spacial score (nSPS) is 12.7. The number of carbonyl (C=O) groups excluding carboxylic acids is 2. The van der Waals surface area contributed by atoms with E-state index in [0.29, 0.717) is 6.42 Å². The molecule has 1 atom stereocenters. The van der Waals surface area contributed by atoms with Gasteiger partial charge >= 0.3 is 19.8 Å². The minimum Gasteiger partial charge on any atom is -0.462 e. The van der Waals surface area contributed by atoms with Crippen molar-refractivity contribution < 1.29 is 37.9 Å². The summed E-state index contributed by atoms with van der Waals surface area (Å²) in [4.78, 5) is 42.4. The SMILES string of the molecule is CC(C)CCCCCCCCCCCCC(=O)O[C@H](COC(=O)CCCCCCCCC(C)C)COP(=O)(O)O. The van der Waals surface area contributed by atoms with Gasteiger partial charge in [0.05, 0.1) is 6.61 Å². The Hall–Kier alpha value is -0.950. The van der Waals surface area contributed by atoms with E-state index in [9.17, 15) is 14.2 Å². The van der Waals surface area contributed by atoms with Gasteiger partial charge in [-0.2, -0.15) is 0 Å². The topological polar surface area (TPSA) is 119 Å². The van der Waals surface area contributed by atoms with E-state index in [1.54, 1.807) is 0 Å². The first kappa shape index (κ1) is 39.0. The van der Waals surface area contributed by atoms with Crippen LogP contribution < -0.4 is 0 Å². The number of phosphoric ester groups is 1. The summed E-state index contributed by atoms with van der Waals surface area (Å²) in [5.41, 5.74) is 0. The van der Waals surface area contributed by atoms with Crippen molar-refractivity contribution in [1.29, 1.82) is 0 Å². The van der Waals surface area contributed by atoms with E-state index in [4.69, 9.17) is 19.3 Å². The smallest absolute Gasteiger partial charge is 0.462 e. The van der Waals surface area contributed by atoms with Crippen LogP contribution in [-0.2, 0) is 28.2 Å². The third-order valence-corrected chi connectivity index (χ3v) is 7.47. The third-order valence-electron chi connectivity index (χ3n) is 6.98. The molecule has 8 nitrogen and oxygen atoms in total. The Morgan fingerprint density at radius 2 is 0.950 bits per heavy atom. The minimum atomic E-state index is -4.73. The van der Waals surface area contributed by atoms with E-state index in [1.165, 1.54) is 64.2 Å². The van der Waals surface area contributed by atoms with Crippen molar-refractivity contribution in [3.05, 3.63) is 0 Å². The number of esters is 2. The van der Waals surface area contributed by atoms with Gasteiger partial charge in [0.1, 0.15) is 6.61 Å². The van der Waals surface area contributed by atoms with Gasteiger partial charge in [-0.15, -0.1) is 0 Å². The van der Waals surface area contributed by atoms with E-state index in [2.05, 4.69) is 32.2 Å². The van der Waals surface area contributed by atoms with E-state index in [0.717, 1.165) is 56.8 Å². The first-order valence-corrected chi connectivity index (χ1v) is 17.6. The molecule has 0 saturated carbocycles. The molecule has 0 spiro atoms. The molecule has 0 aliphatic heterocycles. The fourth-order valence-electron chi connectivity index (χ4n) is 4.56. The Bertz CT molecular complexity index is 662. The molecule has 0 aliphatic rings. The van der Waals surface area contributed by atoms with Gasteiger partial charge in [-0.05, 0) is 24.7 Å². The molecule has 40 heavy (non-hydrogen) atoms. The van der Waals surface area contributed by atoms with Gasteiger partial charge in [0.2, 0.25) is 0 Å². The van der Waals surface area contributed by atoms with Crippen LogP contribution in [0.4, 0.5) is 0 Å². The van der Waals surface area contributed by atoms with Gasteiger partial charge in [-0.25, -0.2) is 4.57 Å². The molecule has 0 radical (unpaired) electrons. The van der Waals surface area contributed by atoms with Crippen molar-refractivity contribution in [3.63, 3.8) is 0 Å². The number of rotatable bonds is 28. The minimum absolute atomic E-state index is 0.216. The predicted molar refractivity (Wildman–Crippen MR) is 161 cm³/mol. The summed E-state index contributed by atoms with van der Waals surface area (Å²) in [6.07, 6.45) is 20.0. The van der Waals surface area contributed by atoms with Crippen LogP contribution in [0.3, 0.4) is 0 Å². The maximum atomic E-state index is 12.3. The molecule has 0 heterocycles. The lowest BCUT2D eigenvalue weighted by Gasteiger charge is -2.18. The number of phosphoric acid groups is 1. The van der Waals surface area contributed by atoms with Crippen molar-refractivity contribution in [3.8, 4) is 0 Å². The highest BCUT2D eigenvalue weighted by Crippen LogP contribution is 2.36. The average molecular weight is 593 g/mol. The Kier molecular flexibility index (Phi) is 25.1. The molecule has 9 heteroatoms. The van der Waals surface area contributed by atoms with Gasteiger partial charge in [-0.3, -0.25) is 14.1 Å². The summed E-state index contributed by atoms with van der Waals surface area (Å²) in [5, 5.41) is 0. The summed E-state index contributed by atoms with van der Waals surface area (Å²) in [7, 11) is -4.73. The van der Waals surface area contributed by atoms with Crippen molar-refractivity contribution in [2.75, 3.05) is 13.2 Å². The number of ether oxygens (including phenoxy) is 2. The maximum absolute atomic E-state index is 12.3. The summed E-state index contributed by atoms with van der Waals surface area (Å²) < 4.78 is 26.1. The molecule has 0 aromatic carbocycles. The number of hydrogen-bond donors (Lipinski definition) is 2. The zero-order valence-corrected chi connectivity index (χ0v) is 27.0. The molecule has 0 fully saturated rings. The molecule has 0 unspecified atom stereocenters. The van der Waals surface area contributed by atoms with Crippen LogP contribution in [0, 0.1) is 11.8 Å². The van der Waals surface area contributed by atoms with Crippen LogP contribution in [0.2, 0.25) is 0 Å². The van der Waals surface area contributed by atoms with Crippen LogP contribution in [0.5, 0.6) is 0 Å². The Morgan fingerprint density at radius 1 is 0.575 bits per heavy atom. The Labute approximate surface area is 244 Å². The lowest BCUT2D eigenvalue weighted by atomic mass is 10.0. The second-order valence-electron chi connectivity index (χ2n) is 12.1. The van der Waals surface area contributed by atoms with Gasteiger partial charge < -0.3 is 19.3 Å². The molecule has 2 N–H and O–H groups in total. The molecule has 0 bridgehead atoms. The van der Waals surface area contributed by atoms with Crippen LogP contribution in [0.25, 0.3) is 0 Å². The van der Waals surface area contributed by atoms with Crippen molar-refractivity contribution in [2.45, 2.75) is 162 Å². The Morgan fingerprint density at radius 3 is 1.35 bits per heavy atom. The van der Waals surface area contributed by atoms with Gasteiger partial charge in [0, 0.05) is 12.8 Å². The molecule has 0 rings (SSSR count). The lowest BCUT2D eigenvalue weighted by molar-refractivity contribution is -0.161. The first-order chi connectivity index (χ1) is 19.0. The van der Waals surface area contributed by atoms with Crippen molar-refractivity contribution in [1.82, 2.24) is 0 Å². The van der Waals surface area contributed by atoms with E-state index in [1.807, 2.05) is 0 Å². The molecular weight excluding hydrogens is 531 g/mol. The predicted octanol–water partition coefficient (Wildman–Crippen LogP) is 8.66. The third kappa shape index (κ3) is 30.0. The molecule has 0 amide bonds. The molecule has 0 aromatic heterocycles. The molecule has 238 valence electrons. The van der Waals surface area contributed by atoms with Crippen LogP contribution >= 0.6 is 7.82 Å². The standard InChI is InChI=1S/C31H61O8P/c1-27(2)21-17-13-9-7-5-6-8-10-16-20-24-31(33)39-29(26-38-40(34,35)36)25-37-30(32)23-19-15-12-11-14-18-22-28(3)4/h27-29H,5-26H2,1-4H3,(H2,34,35,36)/t29-/m1/s1. The van der Waals surface area contributed by atoms with Gasteiger partial charge in [-0.1, -0.05) is 130 Å². The zero-order valence-electron chi connectivity index (χ0n) is 26.1. The summed E-state index contributed by atoms with van der Waals surface area (Å²) in [5.74, 6) is 0.651. The van der Waals surface area contributed by atoms with E-state index >= 15 is 0 Å². The second kappa shape index (κ2) is 25.7. The number of carbonyl (C=O) groups is 2. The zero-order chi connectivity index (χ0) is 30.1. The quantitative estimate of drug-likeness (QED) is 0.0526. The Balaban J connectivity index is 4.02. The fourth-order valence-corrected chi connectivity index (χ4v) is 4.92. The lowest BCUT2D eigenvalue weighted by Crippen LogP contribution is -2.29. The fraction of sp³-hybridized carbons (Fsp3) is 0.935. The van der Waals surface area contributed by atoms with Crippen molar-refractivity contribution in [2.24, 2.45) is 11.8 Å². The van der Waals surface area contributed by atoms with E-state index < -0.39 is 32.5 Å². The highest BCUT2D eigenvalue weighted by Gasteiger charge is 2.22.